The van der Waals surface area contributed by atoms with Crippen molar-refractivity contribution in [2.24, 2.45) is 5.92 Å². The van der Waals surface area contributed by atoms with Gasteiger partial charge in [0.25, 0.3) is 0 Å². The first-order chi connectivity index (χ1) is 7.24. The molecule has 0 fully saturated rings. The molecule has 0 bridgehead atoms. The van der Waals surface area contributed by atoms with Crippen LogP contribution in [0, 0.1) is 5.92 Å². The van der Waals surface area contributed by atoms with Gasteiger partial charge >= 0.3 is 0 Å². The first kappa shape index (κ1) is 14.0. The monoisotopic (exact) mass is 207 g/mol. The minimum Gasteiger partial charge on any atom is -0.385 e. The molecule has 1 nitrogen and oxygen atoms in total. The Hall–Kier alpha value is -0.980. The maximum absolute atomic E-state index is 3.94. The number of hydrogen-bond acceptors (Lipinski definition) is 1. The van der Waals surface area contributed by atoms with Crippen molar-refractivity contribution in [3.05, 3.63) is 37.1 Å². The van der Waals surface area contributed by atoms with E-state index in [0.717, 1.165) is 24.6 Å². The Bertz CT molecular complexity index is 203. The zero-order valence-electron chi connectivity index (χ0n) is 10.3. The lowest BCUT2D eigenvalue weighted by Crippen LogP contribution is -2.21. The van der Waals surface area contributed by atoms with E-state index >= 15 is 0 Å². The Morgan fingerprint density at radius 1 is 1.40 bits per heavy atom. The van der Waals surface area contributed by atoms with E-state index in [9.17, 15) is 0 Å². The van der Waals surface area contributed by atoms with Crippen LogP contribution in [0.15, 0.2) is 37.1 Å². The molecule has 1 N–H and O–H groups in total. The van der Waals surface area contributed by atoms with E-state index in [1.165, 1.54) is 19.3 Å². The highest BCUT2D eigenvalue weighted by Crippen LogP contribution is 2.13. The molecule has 86 valence electrons. The topological polar surface area (TPSA) is 12.0 Å². The van der Waals surface area contributed by atoms with Crippen LogP contribution in [0.5, 0.6) is 0 Å². The Labute approximate surface area is 95.0 Å². The third kappa shape index (κ3) is 8.04. The zero-order chi connectivity index (χ0) is 11.5. The molecule has 1 unspecified atom stereocenters. The third-order valence-electron chi connectivity index (χ3n) is 2.46. The number of allylic oxidation sites excluding steroid dienone is 3. The number of nitrogens with one attached hydrogen (secondary N) is 1. The van der Waals surface area contributed by atoms with Crippen LogP contribution in [-0.2, 0) is 0 Å². The predicted octanol–water partition coefficient (Wildman–Crippen LogP) is 4.05. The summed E-state index contributed by atoms with van der Waals surface area (Å²) in [6, 6.07) is 0. The molecule has 0 saturated carbocycles. The van der Waals surface area contributed by atoms with Crippen molar-refractivity contribution in [2.75, 3.05) is 6.54 Å². The fourth-order valence-corrected chi connectivity index (χ4v) is 1.65. The fourth-order valence-electron chi connectivity index (χ4n) is 1.65. The van der Waals surface area contributed by atoms with Crippen molar-refractivity contribution in [1.29, 1.82) is 0 Å². The minimum atomic E-state index is 0.745. The van der Waals surface area contributed by atoms with E-state index in [4.69, 9.17) is 0 Å². The summed E-state index contributed by atoms with van der Waals surface area (Å²) >= 11 is 0. The second kappa shape index (κ2) is 9.57. The van der Waals surface area contributed by atoms with E-state index in [0.29, 0.717) is 0 Å². The van der Waals surface area contributed by atoms with Crippen LogP contribution < -0.4 is 5.32 Å². The maximum atomic E-state index is 3.94. The normalized spacial score (nSPS) is 12.7. The molecule has 1 atom stereocenters. The first-order valence-electron chi connectivity index (χ1n) is 5.90. The summed E-state index contributed by atoms with van der Waals surface area (Å²) in [5.74, 6) is 0.745. The largest absolute Gasteiger partial charge is 0.385 e. The highest BCUT2D eigenvalue weighted by atomic mass is 14.9. The van der Waals surface area contributed by atoms with Gasteiger partial charge in [-0.2, -0.15) is 0 Å². The van der Waals surface area contributed by atoms with Gasteiger partial charge in [0.2, 0.25) is 0 Å². The molecule has 0 aliphatic heterocycles. The number of hydrogen-bond donors (Lipinski definition) is 1. The van der Waals surface area contributed by atoms with Crippen LogP contribution in [0.25, 0.3) is 0 Å². The van der Waals surface area contributed by atoms with Gasteiger partial charge in [-0.05, 0) is 38.2 Å². The summed E-state index contributed by atoms with van der Waals surface area (Å²) < 4.78 is 0. The maximum Gasteiger partial charge on any atom is 0.0263 e. The lowest BCUT2D eigenvalue weighted by atomic mass is 9.98. The second-order valence-electron chi connectivity index (χ2n) is 3.93. The summed E-state index contributed by atoms with van der Waals surface area (Å²) in [6.07, 6.45) is 10.9. The van der Waals surface area contributed by atoms with Gasteiger partial charge in [0, 0.05) is 12.2 Å². The summed E-state index contributed by atoms with van der Waals surface area (Å²) in [4.78, 5) is 0. The van der Waals surface area contributed by atoms with Crippen molar-refractivity contribution >= 4 is 0 Å². The van der Waals surface area contributed by atoms with Crippen LogP contribution in [0.2, 0.25) is 0 Å². The van der Waals surface area contributed by atoms with Crippen molar-refractivity contribution in [3.8, 4) is 0 Å². The van der Waals surface area contributed by atoms with Crippen LogP contribution in [0.3, 0.4) is 0 Å². The van der Waals surface area contributed by atoms with Crippen LogP contribution in [0.4, 0.5) is 0 Å². The molecule has 0 aromatic heterocycles. The van der Waals surface area contributed by atoms with Crippen molar-refractivity contribution in [3.63, 3.8) is 0 Å². The van der Waals surface area contributed by atoms with Gasteiger partial charge < -0.3 is 5.32 Å². The second-order valence-corrected chi connectivity index (χ2v) is 3.93. The first-order valence-corrected chi connectivity index (χ1v) is 5.90. The molecule has 0 aromatic rings. The van der Waals surface area contributed by atoms with Gasteiger partial charge in [0.05, 0.1) is 0 Å². The van der Waals surface area contributed by atoms with Crippen LogP contribution in [-0.4, -0.2) is 6.54 Å². The quantitative estimate of drug-likeness (QED) is 0.444. The van der Waals surface area contributed by atoms with Gasteiger partial charge in [-0.1, -0.05) is 32.1 Å². The Kier molecular flexibility index (Phi) is 8.95. The molecule has 0 saturated heterocycles. The Morgan fingerprint density at radius 3 is 2.67 bits per heavy atom. The molecule has 1 heteroatoms. The summed E-state index contributed by atoms with van der Waals surface area (Å²) in [6.45, 7) is 13.0. The van der Waals surface area contributed by atoms with Gasteiger partial charge in [-0.15, -0.1) is 6.58 Å². The van der Waals surface area contributed by atoms with Gasteiger partial charge in [0.1, 0.15) is 0 Å². The van der Waals surface area contributed by atoms with Crippen molar-refractivity contribution in [2.45, 2.75) is 39.5 Å². The molecular formula is C14H25N. The highest BCUT2D eigenvalue weighted by Gasteiger charge is 2.05. The standard InChI is InChI=1S/C14H25N/c1-5-8-11-14(10-7-3)12-15-13(4)9-6-2/h5-6,9,14-15H,1,4,7-8,10-12H2,2-3H3/b9-6+. The van der Waals surface area contributed by atoms with Gasteiger partial charge in [-0.3, -0.25) is 0 Å². The summed E-state index contributed by atoms with van der Waals surface area (Å²) in [5, 5.41) is 3.36. The minimum absolute atomic E-state index is 0.745. The predicted molar refractivity (Wildman–Crippen MR) is 69.8 cm³/mol. The molecule has 0 rings (SSSR count). The highest BCUT2D eigenvalue weighted by molar-refractivity contribution is 5.11. The molecule has 0 heterocycles. The van der Waals surface area contributed by atoms with Crippen molar-refractivity contribution < 1.29 is 0 Å². The third-order valence-corrected chi connectivity index (χ3v) is 2.46. The SMILES string of the molecule is C=CCCC(CCC)CNC(=C)/C=C/C. The molecule has 0 aliphatic carbocycles. The van der Waals surface area contributed by atoms with Gasteiger partial charge in [-0.25, -0.2) is 0 Å². The van der Waals surface area contributed by atoms with Crippen LogP contribution >= 0.6 is 0 Å². The lowest BCUT2D eigenvalue weighted by molar-refractivity contribution is 0.435. The molecule has 0 aliphatic rings. The smallest absolute Gasteiger partial charge is 0.0263 e. The van der Waals surface area contributed by atoms with E-state index in [-0.39, 0.29) is 0 Å². The van der Waals surface area contributed by atoms with E-state index in [2.05, 4.69) is 25.4 Å². The number of rotatable bonds is 9. The average Bonchev–Trinajstić information content (AvgIpc) is 2.22. The molecular weight excluding hydrogens is 182 g/mol. The Morgan fingerprint density at radius 2 is 2.13 bits per heavy atom. The Balaban J connectivity index is 3.83. The lowest BCUT2D eigenvalue weighted by Gasteiger charge is -2.16. The fraction of sp³-hybridized carbons (Fsp3) is 0.571. The molecule has 0 spiro atoms. The van der Waals surface area contributed by atoms with E-state index in [1.54, 1.807) is 0 Å². The zero-order valence-corrected chi connectivity index (χ0v) is 10.3. The molecule has 0 amide bonds. The molecule has 0 radical (unpaired) electrons. The molecule has 15 heavy (non-hydrogen) atoms. The summed E-state index contributed by atoms with van der Waals surface area (Å²) in [5.41, 5.74) is 1.01. The van der Waals surface area contributed by atoms with Crippen molar-refractivity contribution in [1.82, 2.24) is 5.32 Å². The van der Waals surface area contributed by atoms with Gasteiger partial charge in [0.15, 0.2) is 0 Å². The summed E-state index contributed by atoms with van der Waals surface area (Å²) in [7, 11) is 0. The average molecular weight is 207 g/mol. The van der Waals surface area contributed by atoms with Crippen LogP contribution in [0.1, 0.15) is 39.5 Å². The van der Waals surface area contributed by atoms with E-state index in [1.807, 2.05) is 25.2 Å². The van der Waals surface area contributed by atoms with E-state index < -0.39 is 0 Å². The molecule has 0 aromatic carbocycles.